The maximum atomic E-state index is 12.5. The number of H-pyrrole nitrogens is 1. The molecule has 0 unspecified atom stereocenters. The molecule has 0 atom stereocenters. The molecule has 10 heteroatoms. The van der Waals surface area contributed by atoms with Crippen LogP contribution in [-0.4, -0.2) is 41.0 Å². The minimum absolute atomic E-state index is 0.237. The minimum Gasteiger partial charge on any atom is -0.743 e. The van der Waals surface area contributed by atoms with Gasteiger partial charge in [0.05, 0.1) is 0 Å². The molecule has 7 nitrogen and oxygen atoms in total. The highest BCUT2D eigenvalue weighted by Gasteiger charge is 2.39. The van der Waals surface area contributed by atoms with Crippen molar-refractivity contribution in [3.05, 3.63) is 18.0 Å². The molecule has 90 valence electrons. The van der Waals surface area contributed by atoms with Gasteiger partial charge in [-0.15, -0.1) is 0 Å². The van der Waals surface area contributed by atoms with Gasteiger partial charge in [-0.3, -0.25) is 5.10 Å². The fraction of sp³-hybridized carbons (Fsp3) is 0.333. The largest absolute Gasteiger partial charge is 0.743 e. The molecule has 0 fully saturated rings. The van der Waals surface area contributed by atoms with Crippen LogP contribution in [0.3, 0.4) is 0 Å². The van der Waals surface area contributed by atoms with Gasteiger partial charge in [-0.2, -0.15) is 13.9 Å². The van der Waals surface area contributed by atoms with Crippen molar-refractivity contribution in [3.8, 4) is 0 Å². The second-order valence-electron chi connectivity index (χ2n) is 2.64. The maximum absolute atomic E-state index is 12.5. The molecular weight excluding hydrogens is 250 g/mol. The second kappa shape index (κ2) is 4.14. The summed E-state index contributed by atoms with van der Waals surface area (Å²) in [5.41, 5.74) is -0.237. The number of hydrogen-bond donors (Lipinski definition) is 1. The van der Waals surface area contributed by atoms with Crippen LogP contribution in [0.15, 0.2) is 12.3 Å². The van der Waals surface area contributed by atoms with Gasteiger partial charge in [-0.25, -0.2) is 13.2 Å². The fourth-order valence-corrected chi connectivity index (χ4v) is 0.872. The van der Waals surface area contributed by atoms with Gasteiger partial charge in [0.25, 0.3) is 0 Å². The van der Waals surface area contributed by atoms with Crippen molar-refractivity contribution in [1.29, 1.82) is 0 Å². The predicted molar refractivity (Wildman–Crippen MR) is 43.5 cm³/mol. The lowest BCUT2D eigenvalue weighted by atomic mass is 10.4. The first kappa shape index (κ1) is 12.5. The Morgan fingerprint density at radius 1 is 1.62 bits per heavy atom. The Balaban J connectivity index is 2.63. The van der Waals surface area contributed by atoms with Gasteiger partial charge in [0.1, 0.15) is 5.69 Å². The molecule has 1 heterocycles. The number of carbonyl (C=O) groups excluding carboxylic acids is 1. The first-order chi connectivity index (χ1) is 7.24. The SMILES string of the molecule is O=C(OCC(F)(F)S(=O)(=O)[O-])c1ccn[nH]1. The van der Waals surface area contributed by atoms with Gasteiger partial charge in [0, 0.05) is 6.20 Å². The lowest BCUT2D eigenvalue weighted by Gasteiger charge is -2.18. The van der Waals surface area contributed by atoms with E-state index < -0.39 is 27.9 Å². The first-order valence-corrected chi connectivity index (χ1v) is 5.14. The van der Waals surface area contributed by atoms with Crippen molar-refractivity contribution in [2.24, 2.45) is 0 Å². The smallest absolute Gasteiger partial charge is 0.367 e. The van der Waals surface area contributed by atoms with Crippen LogP contribution >= 0.6 is 0 Å². The highest BCUT2D eigenvalue weighted by Crippen LogP contribution is 2.20. The maximum Gasteiger partial charge on any atom is 0.367 e. The summed E-state index contributed by atoms with van der Waals surface area (Å²) in [5, 5.41) is 0.808. The molecule has 0 aliphatic heterocycles. The third-order valence-electron chi connectivity index (χ3n) is 1.46. The normalized spacial score (nSPS) is 12.4. The zero-order valence-corrected chi connectivity index (χ0v) is 8.33. The van der Waals surface area contributed by atoms with E-state index in [2.05, 4.69) is 14.9 Å². The van der Waals surface area contributed by atoms with E-state index >= 15 is 0 Å². The molecule has 0 radical (unpaired) electrons. The van der Waals surface area contributed by atoms with Crippen molar-refractivity contribution in [2.75, 3.05) is 6.61 Å². The predicted octanol–water partition coefficient (Wildman–Crippen LogP) is -0.296. The topological polar surface area (TPSA) is 112 Å². The van der Waals surface area contributed by atoms with E-state index in [-0.39, 0.29) is 5.69 Å². The number of alkyl halides is 2. The molecule has 1 aromatic rings. The average Bonchev–Trinajstić information content (AvgIpc) is 2.65. The lowest BCUT2D eigenvalue weighted by molar-refractivity contribution is -0.0103. The Labute approximate surface area is 88.2 Å². The zero-order valence-electron chi connectivity index (χ0n) is 7.51. The minimum atomic E-state index is -5.85. The van der Waals surface area contributed by atoms with Crippen molar-refractivity contribution >= 4 is 16.1 Å². The first-order valence-electron chi connectivity index (χ1n) is 3.74. The molecule has 0 saturated heterocycles. The Kier molecular flexibility index (Phi) is 3.24. The molecule has 0 bridgehead atoms. The molecule has 0 amide bonds. The van der Waals surface area contributed by atoms with Crippen molar-refractivity contribution in [1.82, 2.24) is 10.2 Å². The van der Waals surface area contributed by atoms with Gasteiger partial charge in [0.15, 0.2) is 16.7 Å². The molecule has 16 heavy (non-hydrogen) atoms. The summed E-state index contributed by atoms with van der Waals surface area (Å²) in [5.74, 6) is -1.24. The Morgan fingerprint density at radius 2 is 2.25 bits per heavy atom. The van der Waals surface area contributed by atoms with Crippen LogP contribution in [-0.2, 0) is 14.9 Å². The Bertz CT molecular complexity index is 469. The van der Waals surface area contributed by atoms with Gasteiger partial charge in [-0.1, -0.05) is 0 Å². The number of esters is 1. The molecule has 1 N–H and O–H groups in total. The summed E-state index contributed by atoms with van der Waals surface area (Å²) in [4.78, 5) is 11.0. The number of halogens is 2. The zero-order chi connectivity index (χ0) is 12.4. The molecule has 0 aromatic carbocycles. The van der Waals surface area contributed by atoms with Gasteiger partial charge in [0.2, 0.25) is 0 Å². The van der Waals surface area contributed by atoms with E-state index in [0.29, 0.717) is 0 Å². The molecular formula is C6H5F2N2O5S-. The number of hydrogen-bond acceptors (Lipinski definition) is 6. The summed E-state index contributed by atoms with van der Waals surface area (Å²) >= 11 is 0. The van der Waals surface area contributed by atoms with E-state index in [0.717, 1.165) is 6.07 Å². The molecule has 0 aliphatic rings. The van der Waals surface area contributed by atoms with E-state index in [4.69, 9.17) is 0 Å². The van der Waals surface area contributed by atoms with Crippen LogP contribution in [0.25, 0.3) is 0 Å². The summed E-state index contributed by atoms with van der Waals surface area (Å²) in [6, 6.07) is 1.13. The standard InChI is InChI=1S/C6H6F2N2O5S/c7-6(8,16(12,13)14)3-15-5(11)4-1-2-9-10-4/h1-2H,3H2,(H,9,10)(H,12,13,14)/p-1. The van der Waals surface area contributed by atoms with E-state index in [1.54, 1.807) is 0 Å². The van der Waals surface area contributed by atoms with E-state index in [1.165, 1.54) is 6.20 Å². The number of ether oxygens (including phenoxy) is 1. The van der Waals surface area contributed by atoms with Gasteiger partial charge < -0.3 is 9.29 Å². The molecule has 0 spiro atoms. The average molecular weight is 255 g/mol. The lowest BCUT2D eigenvalue weighted by Crippen LogP contribution is -2.34. The van der Waals surface area contributed by atoms with Crippen molar-refractivity contribution < 1.29 is 31.3 Å². The number of aromatic amines is 1. The number of nitrogens with zero attached hydrogens (tertiary/aromatic N) is 1. The summed E-state index contributed by atoms with van der Waals surface area (Å²) < 4.78 is 59.1. The third kappa shape index (κ3) is 2.73. The van der Waals surface area contributed by atoms with E-state index in [9.17, 15) is 26.5 Å². The number of rotatable bonds is 4. The quantitative estimate of drug-likeness (QED) is 0.584. The molecule has 1 aromatic heterocycles. The van der Waals surface area contributed by atoms with Crippen LogP contribution < -0.4 is 0 Å². The van der Waals surface area contributed by atoms with Crippen LogP contribution in [0.2, 0.25) is 0 Å². The van der Waals surface area contributed by atoms with E-state index in [1.807, 2.05) is 0 Å². The number of carbonyl (C=O) groups is 1. The number of aromatic nitrogens is 2. The van der Waals surface area contributed by atoms with Gasteiger partial charge >= 0.3 is 11.2 Å². The van der Waals surface area contributed by atoms with Crippen LogP contribution in [0, 0.1) is 0 Å². The molecule has 1 rings (SSSR count). The highest BCUT2D eigenvalue weighted by atomic mass is 32.2. The number of nitrogens with one attached hydrogen (secondary N) is 1. The summed E-state index contributed by atoms with van der Waals surface area (Å²) in [6.07, 6.45) is 1.17. The Hall–Kier alpha value is -1.55. The van der Waals surface area contributed by atoms with Crippen LogP contribution in [0.5, 0.6) is 0 Å². The fourth-order valence-electron chi connectivity index (χ4n) is 0.669. The van der Waals surface area contributed by atoms with Crippen molar-refractivity contribution in [2.45, 2.75) is 5.25 Å². The van der Waals surface area contributed by atoms with Crippen molar-refractivity contribution in [3.63, 3.8) is 0 Å². The molecule has 0 aliphatic carbocycles. The van der Waals surface area contributed by atoms with Crippen LogP contribution in [0.4, 0.5) is 8.78 Å². The second-order valence-corrected chi connectivity index (χ2v) is 4.14. The summed E-state index contributed by atoms with van der Waals surface area (Å²) in [6.45, 7) is -1.84. The highest BCUT2D eigenvalue weighted by molar-refractivity contribution is 7.86. The summed E-state index contributed by atoms with van der Waals surface area (Å²) in [7, 11) is -5.85. The van der Waals surface area contributed by atoms with Gasteiger partial charge in [-0.05, 0) is 6.07 Å². The third-order valence-corrected chi connectivity index (χ3v) is 2.31. The molecule has 0 saturated carbocycles. The van der Waals surface area contributed by atoms with Crippen LogP contribution in [0.1, 0.15) is 10.5 Å². The monoisotopic (exact) mass is 255 g/mol. The Morgan fingerprint density at radius 3 is 2.69 bits per heavy atom.